The number of hydrogen-bond donors (Lipinski definition) is 0. The quantitative estimate of drug-likeness (QED) is 0.761. The minimum absolute atomic E-state index is 0.222. The molecular formula is C14H20O2. The van der Waals surface area contributed by atoms with Gasteiger partial charge in [-0.15, -0.1) is 0 Å². The number of ether oxygens (including phenoxy) is 1. The van der Waals surface area contributed by atoms with Crippen molar-refractivity contribution in [2.24, 2.45) is 5.41 Å². The summed E-state index contributed by atoms with van der Waals surface area (Å²) in [6, 6.07) is 8.01. The van der Waals surface area contributed by atoms with Crippen molar-refractivity contribution in [3.63, 3.8) is 0 Å². The lowest BCUT2D eigenvalue weighted by molar-refractivity contribution is -0.125. The number of aryl methyl sites for hydroxylation is 1. The van der Waals surface area contributed by atoms with Gasteiger partial charge in [-0.25, -0.2) is 0 Å². The van der Waals surface area contributed by atoms with E-state index in [4.69, 9.17) is 4.74 Å². The number of carbonyl (C=O) groups is 1. The average molecular weight is 220 g/mol. The van der Waals surface area contributed by atoms with Crippen molar-refractivity contribution < 1.29 is 9.53 Å². The van der Waals surface area contributed by atoms with Crippen LogP contribution in [-0.2, 0) is 11.2 Å². The fourth-order valence-electron chi connectivity index (χ4n) is 1.43. The van der Waals surface area contributed by atoms with Crippen LogP contribution in [0, 0.1) is 5.41 Å². The molecule has 1 aromatic rings. The Balaban J connectivity index is 2.58. The molecule has 0 heterocycles. The van der Waals surface area contributed by atoms with Gasteiger partial charge in [-0.3, -0.25) is 4.79 Å². The van der Waals surface area contributed by atoms with Crippen LogP contribution < -0.4 is 4.74 Å². The third-order valence-corrected chi connectivity index (χ3v) is 3.15. The van der Waals surface area contributed by atoms with Crippen LogP contribution in [0.25, 0.3) is 0 Å². The normalized spacial score (nSPS) is 11.2. The summed E-state index contributed by atoms with van der Waals surface area (Å²) in [6.07, 6.45) is 1.81. The van der Waals surface area contributed by atoms with E-state index in [1.54, 1.807) is 14.0 Å². The van der Waals surface area contributed by atoms with Crippen LogP contribution in [0.1, 0.15) is 32.8 Å². The van der Waals surface area contributed by atoms with E-state index in [1.165, 1.54) is 5.56 Å². The highest BCUT2D eigenvalue weighted by molar-refractivity contribution is 5.81. The predicted molar refractivity (Wildman–Crippen MR) is 65.8 cm³/mol. The first-order valence-corrected chi connectivity index (χ1v) is 5.59. The Bertz CT molecular complexity index is 350. The third-order valence-electron chi connectivity index (χ3n) is 3.15. The van der Waals surface area contributed by atoms with Gasteiger partial charge in [-0.05, 0) is 37.5 Å². The van der Waals surface area contributed by atoms with Gasteiger partial charge in [0.25, 0.3) is 0 Å². The van der Waals surface area contributed by atoms with E-state index in [9.17, 15) is 4.79 Å². The molecule has 0 aliphatic heterocycles. The zero-order valence-electron chi connectivity index (χ0n) is 10.5. The number of rotatable bonds is 5. The Morgan fingerprint density at radius 2 is 1.81 bits per heavy atom. The highest BCUT2D eigenvalue weighted by Crippen LogP contribution is 2.24. The molecule has 0 saturated carbocycles. The lowest BCUT2D eigenvalue weighted by Crippen LogP contribution is -2.21. The summed E-state index contributed by atoms with van der Waals surface area (Å²) in [5, 5.41) is 0. The number of benzene rings is 1. The van der Waals surface area contributed by atoms with Gasteiger partial charge >= 0.3 is 0 Å². The van der Waals surface area contributed by atoms with Crippen molar-refractivity contribution in [1.82, 2.24) is 0 Å². The first kappa shape index (κ1) is 12.8. The first-order chi connectivity index (χ1) is 7.45. The summed E-state index contributed by atoms with van der Waals surface area (Å²) in [5.74, 6) is 1.12. The molecule has 0 radical (unpaired) electrons. The summed E-state index contributed by atoms with van der Waals surface area (Å²) >= 11 is 0. The van der Waals surface area contributed by atoms with E-state index in [2.05, 4.69) is 12.1 Å². The van der Waals surface area contributed by atoms with Crippen LogP contribution >= 0.6 is 0 Å². The summed E-state index contributed by atoms with van der Waals surface area (Å²) < 4.78 is 5.10. The van der Waals surface area contributed by atoms with Crippen molar-refractivity contribution in [3.05, 3.63) is 29.8 Å². The Morgan fingerprint density at radius 1 is 1.25 bits per heavy atom. The number of hydrogen-bond acceptors (Lipinski definition) is 2. The van der Waals surface area contributed by atoms with Crippen LogP contribution in [0.4, 0.5) is 0 Å². The standard InChI is InChI=1S/C14H20O2/c1-11(15)14(2,3)10-9-12-5-7-13(16-4)8-6-12/h5-8H,9-10H2,1-4H3. The van der Waals surface area contributed by atoms with E-state index in [0.717, 1.165) is 18.6 Å². The van der Waals surface area contributed by atoms with Crippen LogP contribution in [0.3, 0.4) is 0 Å². The molecule has 0 N–H and O–H groups in total. The molecule has 0 atom stereocenters. The van der Waals surface area contributed by atoms with Crippen LogP contribution in [-0.4, -0.2) is 12.9 Å². The molecule has 0 bridgehead atoms. The summed E-state index contributed by atoms with van der Waals surface area (Å²) in [7, 11) is 1.66. The van der Waals surface area contributed by atoms with Gasteiger partial charge < -0.3 is 4.74 Å². The summed E-state index contributed by atoms with van der Waals surface area (Å²) in [5.41, 5.74) is 1.02. The second kappa shape index (κ2) is 5.15. The number of carbonyl (C=O) groups excluding carboxylic acids is 1. The average Bonchev–Trinajstić information content (AvgIpc) is 2.27. The van der Waals surface area contributed by atoms with Gasteiger partial charge in [-0.2, -0.15) is 0 Å². The van der Waals surface area contributed by atoms with Crippen molar-refractivity contribution in [2.75, 3.05) is 7.11 Å². The van der Waals surface area contributed by atoms with E-state index < -0.39 is 0 Å². The van der Waals surface area contributed by atoms with Crippen LogP contribution in [0.2, 0.25) is 0 Å². The van der Waals surface area contributed by atoms with Crippen molar-refractivity contribution in [3.8, 4) is 5.75 Å². The molecule has 0 saturated heterocycles. The second-order valence-corrected chi connectivity index (χ2v) is 4.79. The summed E-state index contributed by atoms with van der Waals surface area (Å²) in [6.45, 7) is 5.66. The zero-order valence-corrected chi connectivity index (χ0v) is 10.5. The van der Waals surface area contributed by atoms with Gasteiger partial charge in [0.05, 0.1) is 7.11 Å². The molecule has 0 aliphatic rings. The molecule has 88 valence electrons. The van der Waals surface area contributed by atoms with Gasteiger partial charge in [0.2, 0.25) is 0 Å². The van der Waals surface area contributed by atoms with Gasteiger partial charge in [0, 0.05) is 5.41 Å². The fourth-order valence-corrected chi connectivity index (χ4v) is 1.43. The second-order valence-electron chi connectivity index (χ2n) is 4.79. The van der Waals surface area contributed by atoms with Gasteiger partial charge in [0.15, 0.2) is 0 Å². The van der Waals surface area contributed by atoms with E-state index >= 15 is 0 Å². The molecule has 1 aromatic carbocycles. The van der Waals surface area contributed by atoms with Crippen molar-refractivity contribution in [1.29, 1.82) is 0 Å². The Kier molecular flexibility index (Phi) is 4.11. The maximum atomic E-state index is 11.4. The zero-order chi connectivity index (χ0) is 12.2. The Labute approximate surface area is 97.6 Å². The largest absolute Gasteiger partial charge is 0.497 e. The summed E-state index contributed by atoms with van der Waals surface area (Å²) in [4.78, 5) is 11.4. The molecule has 0 unspecified atom stereocenters. The third kappa shape index (κ3) is 3.37. The van der Waals surface area contributed by atoms with Crippen molar-refractivity contribution in [2.45, 2.75) is 33.6 Å². The smallest absolute Gasteiger partial charge is 0.135 e. The fraction of sp³-hybridized carbons (Fsp3) is 0.500. The van der Waals surface area contributed by atoms with E-state index in [-0.39, 0.29) is 11.2 Å². The molecular weight excluding hydrogens is 200 g/mol. The molecule has 0 aromatic heterocycles. The van der Waals surface area contributed by atoms with Crippen molar-refractivity contribution >= 4 is 5.78 Å². The topological polar surface area (TPSA) is 26.3 Å². The molecule has 2 heteroatoms. The monoisotopic (exact) mass is 220 g/mol. The van der Waals surface area contributed by atoms with Gasteiger partial charge in [0.1, 0.15) is 11.5 Å². The van der Waals surface area contributed by atoms with E-state index in [0.29, 0.717) is 0 Å². The maximum Gasteiger partial charge on any atom is 0.135 e. The molecule has 16 heavy (non-hydrogen) atoms. The lowest BCUT2D eigenvalue weighted by Gasteiger charge is -2.20. The molecule has 0 amide bonds. The Hall–Kier alpha value is -1.31. The van der Waals surface area contributed by atoms with Crippen LogP contribution in [0.15, 0.2) is 24.3 Å². The lowest BCUT2D eigenvalue weighted by atomic mass is 9.83. The minimum atomic E-state index is -0.222. The Morgan fingerprint density at radius 3 is 2.25 bits per heavy atom. The predicted octanol–water partition coefficient (Wildman–Crippen LogP) is 3.24. The molecule has 2 nitrogen and oxygen atoms in total. The van der Waals surface area contributed by atoms with E-state index in [1.807, 2.05) is 26.0 Å². The molecule has 0 fully saturated rings. The molecule has 0 aliphatic carbocycles. The number of methoxy groups -OCH3 is 1. The number of ketones is 1. The molecule has 0 spiro atoms. The maximum absolute atomic E-state index is 11.4. The highest BCUT2D eigenvalue weighted by atomic mass is 16.5. The number of Topliss-reactive ketones (excluding diaryl/α,β-unsaturated/α-hetero) is 1. The van der Waals surface area contributed by atoms with Gasteiger partial charge in [-0.1, -0.05) is 26.0 Å². The minimum Gasteiger partial charge on any atom is -0.497 e. The SMILES string of the molecule is COc1ccc(CCC(C)(C)C(C)=O)cc1. The molecule has 1 rings (SSSR count). The highest BCUT2D eigenvalue weighted by Gasteiger charge is 2.22. The first-order valence-electron chi connectivity index (χ1n) is 5.59. The van der Waals surface area contributed by atoms with Crippen LogP contribution in [0.5, 0.6) is 5.75 Å².